The van der Waals surface area contributed by atoms with Gasteiger partial charge in [-0.1, -0.05) is 0 Å². The van der Waals surface area contributed by atoms with Gasteiger partial charge in [0.15, 0.2) is 6.61 Å². The average Bonchev–Trinajstić information content (AvgIpc) is 3.58. The summed E-state index contributed by atoms with van der Waals surface area (Å²) in [5.41, 5.74) is 2.13. The zero-order chi connectivity index (χ0) is 22.8. The van der Waals surface area contributed by atoms with Crippen LogP contribution in [0.4, 0.5) is 0 Å². The van der Waals surface area contributed by atoms with Gasteiger partial charge in [0.05, 0.1) is 23.8 Å². The van der Waals surface area contributed by atoms with E-state index in [2.05, 4.69) is 20.9 Å². The van der Waals surface area contributed by atoms with E-state index in [1.54, 1.807) is 30.9 Å². The Morgan fingerprint density at radius 2 is 2.06 bits per heavy atom. The molecule has 1 saturated carbocycles. The highest BCUT2D eigenvalue weighted by molar-refractivity contribution is 9.10. The minimum absolute atomic E-state index is 0.0138. The van der Waals surface area contributed by atoms with Gasteiger partial charge in [0, 0.05) is 22.8 Å². The molecule has 2 unspecified atom stereocenters. The molecule has 9 heteroatoms. The number of hydrazone groups is 1. The Bertz CT molecular complexity index is 1220. The van der Waals surface area contributed by atoms with Crippen LogP contribution >= 0.6 is 15.9 Å². The third kappa shape index (κ3) is 4.41. The van der Waals surface area contributed by atoms with Crippen LogP contribution in [0.1, 0.15) is 47.2 Å². The van der Waals surface area contributed by atoms with E-state index < -0.39 is 24.5 Å². The Hall–Kier alpha value is -3.46. The number of halogens is 1. The molecule has 0 bridgehead atoms. The summed E-state index contributed by atoms with van der Waals surface area (Å²) >= 11 is 3.27. The molecule has 0 spiro atoms. The van der Waals surface area contributed by atoms with Gasteiger partial charge < -0.3 is 13.6 Å². The molecular formula is C24H20BrN3O5. The lowest BCUT2D eigenvalue weighted by Crippen LogP contribution is -2.34. The van der Waals surface area contributed by atoms with Crippen molar-refractivity contribution >= 4 is 39.6 Å². The van der Waals surface area contributed by atoms with Gasteiger partial charge in [0.2, 0.25) is 0 Å². The molecule has 1 fully saturated rings. The Kier molecular flexibility index (Phi) is 5.95. The van der Waals surface area contributed by atoms with Crippen molar-refractivity contribution in [3.05, 3.63) is 82.4 Å². The lowest BCUT2D eigenvalue weighted by atomic mass is 9.79. The first-order valence-corrected chi connectivity index (χ1v) is 11.4. The maximum Gasteiger partial charge on any atom is 0.340 e. The van der Waals surface area contributed by atoms with Crippen molar-refractivity contribution in [2.45, 2.75) is 25.3 Å². The lowest BCUT2D eigenvalue weighted by Gasteiger charge is -2.27. The van der Waals surface area contributed by atoms with Gasteiger partial charge >= 0.3 is 5.97 Å². The highest BCUT2D eigenvalue weighted by Crippen LogP contribution is 2.44. The van der Waals surface area contributed by atoms with E-state index in [0.717, 1.165) is 36.3 Å². The number of esters is 1. The van der Waals surface area contributed by atoms with Gasteiger partial charge in [0.25, 0.3) is 5.91 Å². The first-order valence-electron chi connectivity index (χ1n) is 10.6. The number of pyridine rings is 1. The second-order valence-electron chi connectivity index (χ2n) is 7.84. The maximum absolute atomic E-state index is 13.2. The predicted octanol–water partition coefficient (Wildman–Crippen LogP) is 5.01. The number of fused-ring (bicyclic) bond motifs is 1. The topological polar surface area (TPSA) is 98.1 Å². The molecule has 1 amide bonds. The Morgan fingerprint density at radius 1 is 1.21 bits per heavy atom. The summed E-state index contributed by atoms with van der Waals surface area (Å²) in [6, 6.07) is 8.54. The van der Waals surface area contributed by atoms with Crippen LogP contribution < -0.4 is 0 Å². The first kappa shape index (κ1) is 21.4. The SMILES string of the molecule is O=C(OCC(=O)N1N=C2C(=Cc3ccco3)CCCC2C1c1ccco1)c1cncc(Br)c1. The van der Waals surface area contributed by atoms with E-state index in [0.29, 0.717) is 10.2 Å². The summed E-state index contributed by atoms with van der Waals surface area (Å²) in [5.74, 6) is 0.319. The van der Waals surface area contributed by atoms with Crippen molar-refractivity contribution in [1.29, 1.82) is 0 Å². The van der Waals surface area contributed by atoms with Crippen LogP contribution in [0.3, 0.4) is 0 Å². The number of nitrogens with zero attached hydrogens (tertiary/aromatic N) is 3. The number of ether oxygens (including phenoxy) is 1. The van der Waals surface area contributed by atoms with Gasteiger partial charge in [0.1, 0.15) is 17.6 Å². The molecule has 1 aliphatic heterocycles. The van der Waals surface area contributed by atoms with E-state index in [1.165, 1.54) is 11.2 Å². The number of amides is 1. The standard InChI is InChI=1S/C24H20BrN3O5/c25-17-10-16(12-26-13-17)24(30)33-14-21(29)28-23(20-7-3-9-32-20)19-6-1-4-15(22(19)27-28)11-18-5-2-8-31-18/h2-3,5,7-13,19,23H,1,4,6,14H2. The molecular weight excluding hydrogens is 490 g/mol. The number of furan rings is 2. The highest BCUT2D eigenvalue weighted by atomic mass is 79.9. The van der Waals surface area contributed by atoms with E-state index in [1.807, 2.05) is 24.3 Å². The van der Waals surface area contributed by atoms with Crippen molar-refractivity contribution in [2.24, 2.45) is 11.0 Å². The molecule has 1 aliphatic carbocycles. The zero-order valence-corrected chi connectivity index (χ0v) is 19.1. The fraction of sp³-hybridized carbons (Fsp3) is 0.250. The molecule has 3 aromatic heterocycles. The molecule has 33 heavy (non-hydrogen) atoms. The predicted molar refractivity (Wildman–Crippen MR) is 122 cm³/mol. The Morgan fingerprint density at radius 3 is 2.82 bits per heavy atom. The van der Waals surface area contributed by atoms with Gasteiger partial charge in [-0.05, 0) is 77.2 Å². The molecule has 0 aromatic carbocycles. The molecule has 4 heterocycles. The normalized spacial score (nSPS) is 21.1. The van der Waals surface area contributed by atoms with Gasteiger partial charge in [-0.25, -0.2) is 9.80 Å². The number of carbonyl (C=O) groups excluding carboxylic acids is 2. The van der Waals surface area contributed by atoms with Gasteiger partial charge in [-0.2, -0.15) is 5.10 Å². The molecule has 0 radical (unpaired) electrons. The third-order valence-corrected chi connectivity index (χ3v) is 6.15. The summed E-state index contributed by atoms with van der Waals surface area (Å²) in [5, 5.41) is 6.09. The van der Waals surface area contributed by atoms with E-state index >= 15 is 0 Å². The van der Waals surface area contributed by atoms with Crippen LogP contribution in [0.2, 0.25) is 0 Å². The quantitative estimate of drug-likeness (QED) is 0.448. The Balaban J connectivity index is 1.39. The van der Waals surface area contributed by atoms with Crippen LogP contribution in [0.5, 0.6) is 0 Å². The number of carbonyl (C=O) groups is 2. The monoisotopic (exact) mass is 509 g/mol. The lowest BCUT2D eigenvalue weighted by molar-refractivity contribution is -0.137. The second-order valence-corrected chi connectivity index (χ2v) is 8.75. The molecule has 2 aliphatic rings. The summed E-state index contributed by atoms with van der Waals surface area (Å²) in [6.45, 7) is -0.441. The Labute approximate surface area is 198 Å². The van der Waals surface area contributed by atoms with Gasteiger partial charge in [-0.3, -0.25) is 9.78 Å². The average molecular weight is 510 g/mol. The molecule has 168 valence electrons. The first-order chi connectivity index (χ1) is 16.1. The maximum atomic E-state index is 13.2. The number of aromatic nitrogens is 1. The van der Waals surface area contributed by atoms with E-state index in [4.69, 9.17) is 18.7 Å². The highest BCUT2D eigenvalue weighted by Gasteiger charge is 2.45. The van der Waals surface area contributed by atoms with Crippen molar-refractivity contribution in [3.63, 3.8) is 0 Å². The molecule has 0 saturated heterocycles. The summed E-state index contributed by atoms with van der Waals surface area (Å²) in [6.07, 6.45) is 10.8. The summed E-state index contributed by atoms with van der Waals surface area (Å²) in [4.78, 5) is 29.5. The minimum Gasteiger partial charge on any atom is -0.467 e. The van der Waals surface area contributed by atoms with Crippen LogP contribution in [0.15, 0.2) is 79.2 Å². The van der Waals surface area contributed by atoms with Crippen molar-refractivity contribution in [2.75, 3.05) is 6.61 Å². The van der Waals surface area contributed by atoms with Crippen molar-refractivity contribution < 1.29 is 23.2 Å². The van der Waals surface area contributed by atoms with Crippen LogP contribution in [-0.4, -0.2) is 34.2 Å². The van der Waals surface area contributed by atoms with Crippen LogP contribution in [0, 0.1) is 5.92 Å². The second kappa shape index (κ2) is 9.19. The smallest absolute Gasteiger partial charge is 0.340 e. The number of allylic oxidation sites excluding steroid dienone is 1. The largest absolute Gasteiger partial charge is 0.467 e. The minimum atomic E-state index is -0.630. The van der Waals surface area contributed by atoms with Crippen LogP contribution in [0.25, 0.3) is 6.08 Å². The van der Waals surface area contributed by atoms with E-state index in [9.17, 15) is 9.59 Å². The number of rotatable bonds is 5. The number of hydrogen-bond donors (Lipinski definition) is 0. The number of hydrogen-bond acceptors (Lipinski definition) is 7. The third-order valence-electron chi connectivity index (χ3n) is 5.72. The summed E-state index contributed by atoms with van der Waals surface area (Å²) < 4.78 is 17.1. The molecule has 5 rings (SSSR count). The zero-order valence-electron chi connectivity index (χ0n) is 17.5. The van der Waals surface area contributed by atoms with Crippen LogP contribution in [-0.2, 0) is 9.53 Å². The van der Waals surface area contributed by atoms with E-state index in [-0.39, 0.29) is 11.5 Å². The molecule has 2 atom stereocenters. The van der Waals surface area contributed by atoms with Gasteiger partial charge in [-0.15, -0.1) is 0 Å². The molecule has 3 aromatic rings. The molecule has 8 nitrogen and oxygen atoms in total. The molecule has 0 N–H and O–H groups in total. The van der Waals surface area contributed by atoms with Crippen molar-refractivity contribution in [1.82, 2.24) is 9.99 Å². The fourth-order valence-electron chi connectivity index (χ4n) is 4.29. The summed E-state index contributed by atoms with van der Waals surface area (Å²) in [7, 11) is 0. The van der Waals surface area contributed by atoms with Crippen molar-refractivity contribution in [3.8, 4) is 0 Å². The fourth-order valence-corrected chi connectivity index (χ4v) is 4.66.